The maximum absolute atomic E-state index is 12.0. The van der Waals surface area contributed by atoms with Gasteiger partial charge in [0.15, 0.2) is 5.58 Å². The summed E-state index contributed by atoms with van der Waals surface area (Å²) in [6, 6.07) is 18.3. The predicted molar refractivity (Wildman–Crippen MR) is 99.2 cm³/mol. The van der Waals surface area contributed by atoms with Gasteiger partial charge in [0.1, 0.15) is 5.52 Å². The van der Waals surface area contributed by atoms with Crippen molar-refractivity contribution < 1.29 is 9.21 Å². The van der Waals surface area contributed by atoms with Crippen LogP contribution in [-0.2, 0) is 4.79 Å². The third-order valence-electron chi connectivity index (χ3n) is 3.65. The number of hydrogen-bond donors (Lipinski definition) is 1. The molecule has 0 aliphatic carbocycles. The summed E-state index contributed by atoms with van der Waals surface area (Å²) in [7, 11) is 0. The van der Waals surface area contributed by atoms with E-state index in [0.717, 1.165) is 11.1 Å². The fourth-order valence-corrected chi connectivity index (χ4v) is 2.43. The van der Waals surface area contributed by atoms with Gasteiger partial charge in [0.2, 0.25) is 5.89 Å². The summed E-state index contributed by atoms with van der Waals surface area (Å²) < 4.78 is 5.73. The zero-order chi connectivity index (χ0) is 17.8. The molecule has 2 aromatic carbocycles. The number of amides is 1. The minimum absolute atomic E-state index is 0.385. The highest BCUT2D eigenvalue weighted by Gasteiger charge is 2.09. The molecule has 5 nitrogen and oxygen atoms in total. The summed E-state index contributed by atoms with van der Waals surface area (Å²) in [5.74, 6) is 5.50. The molecule has 4 aromatic rings. The zero-order valence-corrected chi connectivity index (χ0v) is 13.6. The highest BCUT2D eigenvalue weighted by atomic mass is 16.3. The van der Waals surface area contributed by atoms with E-state index in [4.69, 9.17) is 4.42 Å². The van der Waals surface area contributed by atoms with Crippen LogP contribution in [-0.4, -0.2) is 15.9 Å². The summed E-state index contributed by atoms with van der Waals surface area (Å²) >= 11 is 0. The van der Waals surface area contributed by atoms with Crippen LogP contribution >= 0.6 is 0 Å². The number of aromatic nitrogens is 2. The SMILES string of the molecule is O=C(C#Cc1ccccc1)Nc1ccc2oc(-c3cccnc3)nc2c1. The maximum atomic E-state index is 12.0. The van der Waals surface area contributed by atoms with Crippen molar-refractivity contribution in [3.63, 3.8) is 0 Å². The van der Waals surface area contributed by atoms with Crippen molar-refractivity contribution in [2.75, 3.05) is 5.32 Å². The van der Waals surface area contributed by atoms with Gasteiger partial charge in [-0.05, 0) is 42.5 Å². The molecule has 1 amide bonds. The molecule has 1 N–H and O–H groups in total. The molecular formula is C21H13N3O2. The van der Waals surface area contributed by atoms with E-state index in [0.29, 0.717) is 22.7 Å². The summed E-state index contributed by atoms with van der Waals surface area (Å²) in [6.45, 7) is 0. The largest absolute Gasteiger partial charge is 0.436 e. The van der Waals surface area contributed by atoms with Crippen LogP contribution in [0.15, 0.2) is 77.5 Å². The fraction of sp³-hybridized carbons (Fsp3) is 0. The van der Waals surface area contributed by atoms with Crippen molar-refractivity contribution in [2.24, 2.45) is 0 Å². The minimum atomic E-state index is -0.385. The van der Waals surface area contributed by atoms with E-state index < -0.39 is 0 Å². The number of benzene rings is 2. The molecule has 2 heterocycles. The molecule has 0 atom stereocenters. The second-order valence-electron chi connectivity index (χ2n) is 5.51. The van der Waals surface area contributed by atoms with Gasteiger partial charge in [0.25, 0.3) is 0 Å². The molecular weight excluding hydrogens is 326 g/mol. The standard InChI is InChI=1S/C21H13N3O2/c25-20(11-8-15-5-2-1-3-6-15)23-17-9-10-19-18(13-17)24-21(26-19)16-7-4-12-22-14-16/h1-7,9-10,12-14H,(H,23,25). The van der Waals surface area contributed by atoms with Crippen molar-refractivity contribution in [1.29, 1.82) is 0 Å². The van der Waals surface area contributed by atoms with Crippen LogP contribution in [0.2, 0.25) is 0 Å². The lowest BCUT2D eigenvalue weighted by Crippen LogP contribution is -2.08. The maximum Gasteiger partial charge on any atom is 0.300 e. The number of anilines is 1. The Bertz CT molecular complexity index is 1120. The van der Waals surface area contributed by atoms with Crippen LogP contribution in [0.4, 0.5) is 5.69 Å². The Morgan fingerprint density at radius 2 is 1.92 bits per heavy atom. The molecule has 0 fully saturated rings. The number of fused-ring (bicyclic) bond motifs is 1. The highest BCUT2D eigenvalue weighted by molar-refractivity contribution is 6.05. The average molecular weight is 339 g/mol. The van der Waals surface area contributed by atoms with Crippen molar-refractivity contribution in [1.82, 2.24) is 9.97 Å². The summed E-state index contributed by atoms with van der Waals surface area (Å²) in [5, 5.41) is 2.75. The zero-order valence-electron chi connectivity index (χ0n) is 13.6. The van der Waals surface area contributed by atoms with E-state index in [-0.39, 0.29) is 5.91 Å². The number of rotatable bonds is 2. The smallest absolute Gasteiger partial charge is 0.300 e. The Kier molecular flexibility index (Phi) is 4.15. The van der Waals surface area contributed by atoms with Crippen molar-refractivity contribution in [3.05, 3.63) is 78.6 Å². The Balaban J connectivity index is 1.54. The number of hydrogen-bond acceptors (Lipinski definition) is 4. The van der Waals surface area contributed by atoms with Crippen LogP contribution < -0.4 is 5.32 Å². The number of carbonyl (C=O) groups excluding carboxylic acids is 1. The first-order chi connectivity index (χ1) is 12.8. The van der Waals surface area contributed by atoms with Crippen molar-refractivity contribution >= 4 is 22.7 Å². The molecule has 0 saturated heterocycles. The van der Waals surface area contributed by atoms with Crippen LogP contribution in [0, 0.1) is 11.8 Å². The Morgan fingerprint density at radius 3 is 2.73 bits per heavy atom. The van der Waals surface area contributed by atoms with Gasteiger partial charge in [-0.1, -0.05) is 24.1 Å². The summed E-state index contributed by atoms with van der Waals surface area (Å²) in [4.78, 5) is 20.5. The second-order valence-corrected chi connectivity index (χ2v) is 5.51. The van der Waals surface area contributed by atoms with Crippen molar-refractivity contribution in [2.45, 2.75) is 0 Å². The van der Waals surface area contributed by atoms with Gasteiger partial charge in [0.05, 0.1) is 5.56 Å². The van der Waals surface area contributed by atoms with Crippen LogP contribution in [0.25, 0.3) is 22.6 Å². The second kappa shape index (κ2) is 6.91. The van der Waals surface area contributed by atoms with Crippen LogP contribution in [0.1, 0.15) is 5.56 Å². The monoisotopic (exact) mass is 339 g/mol. The molecule has 0 spiro atoms. The molecule has 0 aliphatic rings. The van der Waals surface area contributed by atoms with E-state index in [1.54, 1.807) is 30.6 Å². The molecule has 0 radical (unpaired) electrons. The molecule has 2 aromatic heterocycles. The third-order valence-corrected chi connectivity index (χ3v) is 3.65. The lowest BCUT2D eigenvalue weighted by Gasteiger charge is -1.99. The molecule has 0 aliphatic heterocycles. The normalized spacial score (nSPS) is 10.2. The van der Waals surface area contributed by atoms with E-state index in [2.05, 4.69) is 27.1 Å². The van der Waals surface area contributed by atoms with Gasteiger partial charge in [-0.25, -0.2) is 4.98 Å². The molecule has 5 heteroatoms. The number of pyridine rings is 1. The Labute approximate surface area is 149 Å². The number of nitrogens with zero attached hydrogens (tertiary/aromatic N) is 2. The van der Waals surface area contributed by atoms with Crippen LogP contribution in [0.3, 0.4) is 0 Å². The molecule has 0 unspecified atom stereocenters. The average Bonchev–Trinajstić information content (AvgIpc) is 3.11. The number of nitrogens with one attached hydrogen (secondary N) is 1. The minimum Gasteiger partial charge on any atom is -0.436 e. The van der Waals surface area contributed by atoms with Gasteiger partial charge < -0.3 is 9.73 Å². The van der Waals surface area contributed by atoms with Gasteiger partial charge in [0, 0.05) is 29.6 Å². The quantitative estimate of drug-likeness (QED) is 0.563. The number of carbonyl (C=O) groups is 1. The van der Waals surface area contributed by atoms with E-state index in [1.165, 1.54) is 0 Å². The summed E-state index contributed by atoms with van der Waals surface area (Å²) in [5.41, 5.74) is 3.48. The molecule has 26 heavy (non-hydrogen) atoms. The molecule has 124 valence electrons. The third kappa shape index (κ3) is 3.45. The van der Waals surface area contributed by atoms with E-state index in [9.17, 15) is 4.79 Å². The first kappa shape index (κ1) is 15.6. The fourth-order valence-electron chi connectivity index (χ4n) is 2.43. The van der Waals surface area contributed by atoms with Gasteiger partial charge >= 0.3 is 5.91 Å². The first-order valence-corrected chi connectivity index (χ1v) is 7.97. The lowest BCUT2D eigenvalue weighted by atomic mass is 10.2. The summed E-state index contributed by atoms with van der Waals surface area (Å²) in [6.07, 6.45) is 3.38. The molecule has 4 rings (SSSR count). The number of oxazole rings is 1. The van der Waals surface area contributed by atoms with Crippen LogP contribution in [0.5, 0.6) is 0 Å². The van der Waals surface area contributed by atoms with Crippen molar-refractivity contribution in [3.8, 4) is 23.3 Å². The Morgan fingerprint density at radius 1 is 1.04 bits per heavy atom. The van der Waals surface area contributed by atoms with E-state index in [1.807, 2.05) is 42.5 Å². The topological polar surface area (TPSA) is 68.0 Å². The van der Waals surface area contributed by atoms with Gasteiger partial charge in [-0.3, -0.25) is 9.78 Å². The lowest BCUT2D eigenvalue weighted by molar-refractivity contribution is -0.111. The van der Waals surface area contributed by atoms with Gasteiger partial charge in [-0.15, -0.1) is 0 Å². The van der Waals surface area contributed by atoms with E-state index >= 15 is 0 Å². The first-order valence-electron chi connectivity index (χ1n) is 7.97. The predicted octanol–water partition coefficient (Wildman–Crippen LogP) is 3.88. The Hall–Kier alpha value is -3.91. The highest BCUT2D eigenvalue weighted by Crippen LogP contribution is 2.25. The molecule has 0 bridgehead atoms. The van der Waals surface area contributed by atoms with Gasteiger partial charge in [-0.2, -0.15) is 0 Å². The molecule has 0 saturated carbocycles.